The zero-order valence-corrected chi connectivity index (χ0v) is 20.9. The Kier molecular flexibility index (Phi) is 6.58. The van der Waals surface area contributed by atoms with Crippen LogP contribution < -0.4 is 0 Å². The third kappa shape index (κ3) is 4.89. The summed E-state index contributed by atoms with van der Waals surface area (Å²) in [5.41, 5.74) is 6.11. The standard InChI is InChI=1S/C31H46/c1-20-15-22(3)30(29(16-20)24-11-13-28(14-12-24)31(5,6)7)23(4)18-27-19-26-10-8-9-25(26)17-21(27)2/h11-14,21-22,25-27,29-30H,1,4,8-10,15-19H2,2-3,5-7H3. The Labute approximate surface area is 192 Å². The van der Waals surface area contributed by atoms with Crippen LogP contribution in [0.3, 0.4) is 0 Å². The summed E-state index contributed by atoms with van der Waals surface area (Å²) in [4.78, 5) is 0. The van der Waals surface area contributed by atoms with E-state index in [1.165, 1.54) is 67.2 Å². The van der Waals surface area contributed by atoms with E-state index in [1.54, 1.807) is 0 Å². The molecule has 3 fully saturated rings. The molecule has 1 aromatic carbocycles. The van der Waals surface area contributed by atoms with Crippen molar-refractivity contribution in [3.8, 4) is 0 Å². The van der Waals surface area contributed by atoms with E-state index in [2.05, 4.69) is 65.5 Å². The van der Waals surface area contributed by atoms with Gasteiger partial charge in [0.05, 0.1) is 0 Å². The van der Waals surface area contributed by atoms with Crippen LogP contribution in [0.5, 0.6) is 0 Å². The molecular weight excluding hydrogens is 372 g/mol. The molecule has 1 aromatic rings. The maximum Gasteiger partial charge on any atom is -0.00566 e. The molecule has 170 valence electrons. The normalized spacial score (nSPS) is 36.3. The van der Waals surface area contributed by atoms with Gasteiger partial charge >= 0.3 is 0 Å². The van der Waals surface area contributed by atoms with Crippen molar-refractivity contribution in [2.24, 2.45) is 35.5 Å². The van der Waals surface area contributed by atoms with E-state index >= 15 is 0 Å². The lowest BCUT2D eigenvalue weighted by molar-refractivity contribution is 0.138. The summed E-state index contributed by atoms with van der Waals surface area (Å²) in [5.74, 6) is 5.57. The van der Waals surface area contributed by atoms with E-state index in [9.17, 15) is 0 Å². The first-order chi connectivity index (χ1) is 14.6. The van der Waals surface area contributed by atoms with Crippen LogP contribution in [0.1, 0.15) is 103 Å². The molecule has 0 aliphatic heterocycles. The van der Waals surface area contributed by atoms with E-state index in [-0.39, 0.29) is 5.41 Å². The molecule has 3 aliphatic rings. The van der Waals surface area contributed by atoms with Gasteiger partial charge in [-0.2, -0.15) is 0 Å². The third-order valence-electron chi connectivity index (χ3n) is 9.27. The molecule has 7 unspecified atom stereocenters. The number of rotatable bonds is 4. The zero-order valence-electron chi connectivity index (χ0n) is 20.9. The molecule has 3 saturated carbocycles. The Morgan fingerprint density at radius 3 is 2.23 bits per heavy atom. The van der Waals surface area contributed by atoms with Crippen LogP contribution in [-0.2, 0) is 5.41 Å². The summed E-state index contributed by atoms with van der Waals surface area (Å²) in [6.07, 6.45) is 11.0. The van der Waals surface area contributed by atoms with Crippen LogP contribution in [0.2, 0.25) is 0 Å². The molecule has 0 aromatic heterocycles. The van der Waals surface area contributed by atoms with Gasteiger partial charge in [0.2, 0.25) is 0 Å². The highest BCUT2D eigenvalue weighted by Crippen LogP contribution is 2.52. The topological polar surface area (TPSA) is 0 Å². The molecule has 7 atom stereocenters. The lowest BCUT2D eigenvalue weighted by Crippen LogP contribution is -2.32. The summed E-state index contributed by atoms with van der Waals surface area (Å²) in [6, 6.07) is 9.54. The van der Waals surface area contributed by atoms with Crippen molar-refractivity contribution in [1.82, 2.24) is 0 Å². The van der Waals surface area contributed by atoms with Gasteiger partial charge in [-0.15, -0.1) is 0 Å². The molecule has 0 bridgehead atoms. The molecule has 0 heteroatoms. The lowest BCUT2D eigenvalue weighted by Gasteiger charge is -2.43. The Bertz CT molecular complexity index is 788. The quantitative estimate of drug-likeness (QED) is 0.428. The number of benzene rings is 1. The highest BCUT2D eigenvalue weighted by Gasteiger charge is 2.40. The van der Waals surface area contributed by atoms with Crippen molar-refractivity contribution in [3.63, 3.8) is 0 Å². The van der Waals surface area contributed by atoms with E-state index in [1.807, 2.05) is 0 Å². The van der Waals surface area contributed by atoms with Gasteiger partial charge in [-0.3, -0.25) is 0 Å². The van der Waals surface area contributed by atoms with E-state index in [0.29, 0.717) is 17.8 Å². The monoisotopic (exact) mass is 418 g/mol. The Morgan fingerprint density at radius 2 is 1.58 bits per heavy atom. The fourth-order valence-corrected chi connectivity index (χ4v) is 7.53. The molecule has 0 saturated heterocycles. The molecule has 0 N–H and O–H groups in total. The Hall–Kier alpha value is -1.30. The van der Waals surface area contributed by atoms with Gasteiger partial charge in [0.1, 0.15) is 0 Å². The second-order valence-corrected chi connectivity index (χ2v) is 12.7. The van der Waals surface area contributed by atoms with Crippen molar-refractivity contribution in [2.75, 3.05) is 0 Å². The number of hydrogen-bond donors (Lipinski definition) is 0. The lowest BCUT2D eigenvalue weighted by atomic mass is 9.62. The van der Waals surface area contributed by atoms with Crippen molar-refractivity contribution in [1.29, 1.82) is 0 Å². The van der Waals surface area contributed by atoms with Gasteiger partial charge in [0.15, 0.2) is 0 Å². The smallest absolute Gasteiger partial charge is 0.00566 e. The highest BCUT2D eigenvalue weighted by molar-refractivity contribution is 5.33. The van der Waals surface area contributed by atoms with Crippen molar-refractivity contribution in [2.45, 2.75) is 97.3 Å². The molecule has 31 heavy (non-hydrogen) atoms. The summed E-state index contributed by atoms with van der Waals surface area (Å²) in [5, 5.41) is 0. The number of allylic oxidation sites excluding steroid dienone is 2. The first-order valence-corrected chi connectivity index (χ1v) is 13.1. The van der Waals surface area contributed by atoms with Gasteiger partial charge in [0.25, 0.3) is 0 Å². The molecular formula is C31H46. The van der Waals surface area contributed by atoms with Crippen molar-refractivity contribution in [3.05, 3.63) is 59.7 Å². The summed E-state index contributed by atoms with van der Waals surface area (Å²) in [7, 11) is 0. The highest BCUT2D eigenvalue weighted by atomic mass is 14.4. The summed E-state index contributed by atoms with van der Waals surface area (Å²) >= 11 is 0. The predicted octanol–water partition coefficient (Wildman–Crippen LogP) is 9.08. The minimum atomic E-state index is 0.209. The Balaban J connectivity index is 1.52. The summed E-state index contributed by atoms with van der Waals surface area (Å²) in [6.45, 7) is 21.1. The van der Waals surface area contributed by atoms with Gasteiger partial charge < -0.3 is 0 Å². The SMILES string of the molecule is C=C1CC(C)C(C(=C)CC2CC3CCCC3CC2C)C(c2ccc(C(C)(C)C)cc2)C1. The minimum absolute atomic E-state index is 0.209. The van der Waals surface area contributed by atoms with Gasteiger partial charge in [-0.25, -0.2) is 0 Å². The molecule has 0 heterocycles. The van der Waals surface area contributed by atoms with Crippen molar-refractivity contribution >= 4 is 0 Å². The average molecular weight is 419 g/mol. The maximum atomic E-state index is 4.77. The first kappa shape index (κ1) is 22.9. The second kappa shape index (κ2) is 8.92. The van der Waals surface area contributed by atoms with Crippen LogP contribution >= 0.6 is 0 Å². The van der Waals surface area contributed by atoms with E-state index in [0.717, 1.165) is 30.1 Å². The second-order valence-electron chi connectivity index (χ2n) is 12.7. The van der Waals surface area contributed by atoms with Gasteiger partial charge in [0, 0.05) is 0 Å². The van der Waals surface area contributed by atoms with Crippen LogP contribution in [-0.4, -0.2) is 0 Å². The number of fused-ring (bicyclic) bond motifs is 1. The third-order valence-corrected chi connectivity index (χ3v) is 9.27. The minimum Gasteiger partial charge on any atom is -0.0998 e. The summed E-state index contributed by atoms with van der Waals surface area (Å²) < 4.78 is 0. The zero-order chi connectivity index (χ0) is 22.3. The number of hydrogen-bond acceptors (Lipinski definition) is 0. The van der Waals surface area contributed by atoms with E-state index < -0.39 is 0 Å². The first-order valence-electron chi connectivity index (χ1n) is 13.1. The average Bonchev–Trinajstić information content (AvgIpc) is 3.14. The largest absolute Gasteiger partial charge is 0.0998 e. The van der Waals surface area contributed by atoms with Crippen LogP contribution in [0.25, 0.3) is 0 Å². The molecule has 0 spiro atoms. The maximum absolute atomic E-state index is 4.77. The van der Waals surface area contributed by atoms with Crippen LogP contribution in [0.15, 0.2) is 48.6 Å². The predicted molar refractivity (Wildman–Crippen MR) is 135 cm³/mol. The molecule has 4 rings (SSSR count). The molecule has 3 aliphatic carbocycles. The molecule has 0 radical (unpaired) electrons. The van der Waals surface area contributed by atoms with Crippen LogP contribution in [0, 0.1) is 35.5 Å². The van der Waals surface area contributed by atoms with Gasteiger partial charge in [-0.05, 0) is 90.1 Å². The van der Waals surface area contributed by atoms with Gasteiger partial charge in [-0.1, -0.05) is 102 Å². The molecule has 0 amide bonds. The van der Waals surface area contributed by atoms with E-state index in [4.69, 9.17) is 6.58 Å². The van der Waals surface area contributed by atoms with Crippen molar-refractivity contribution < 1.29 is 0 Å². The fraction of sp³-hybridized carbons (Fsp3) is 0.677. The fourth-order valence-electron chi connectivity index (χ4n) is 7.53. The molecule has 0 nitrogen and oxygen atoms in total. The Morgan fingerprint density at radius 1 is 0.935 bits per heavy atom. The van der Waals surface area contributed by atoms with Crippen LogP contribution in [0.4, 0.5) is 0 Å².